The molecule has 1 amide bonds. The van der Waals surface area contributed by atoms with E-state index in [9.17, 15) is 4.79 Å². The van der Waals surface area contributed by atoms with E-state index in [1.54, 1.807) is 4.90 Å². The minimum absolute atomic E-state index is 0.137. The Hall–Kier alpha value is -7.69. The van der Waals surface area contributed by atoms with E-state index in [4.69, 9.17) is 47.7 Å². The Bertz CT molecular complexity index is 3790. The molecular formula is C62H66Cl2N12O3. The predicted octanol–water partition coefficient (Wildman–Crippen LogP) is 14.9. The maximum absolute atomic E-state index is 12.9. The van der Waals surface area contributed by atoms with Gasteiger partial charge in [0.2, 0.25) is 0 Å². The van der Waals surface area contributed by atoms with Gasteiger partial charge in [-0.2, -0.15) is 10.2 Å². The van der Waals surface area contributed by atoms with Crippen molar-refractivity contribution in [3.63, 3.8) is 0 Å². The highest BCUT2D eigenvalue weighted by molar-refractivity contribution is 6.31. The second kappa shape index (κ2) is 23.3. The molecule has 0 radical (unpaired) electrons. The fourth-order valence-electron chi connectivity index (χ4n) is 10.1. The third-order valence-corrected chi connectivity index (χ3v) is 14.9. The molecule has 406 valence electrons. The van der Waals surface area contributed by atoms with Crippen LogP contribution < -0.4 is 5.32 Å². The first-order chi connectivity index (χ1) is 38.1. The van der Waals surface area contributed by atoms with Gasteiger partial charge in [0.1, 0.15) is 17.0 Å². The number of aromatic nitrogens is 10. The number of fused-ring (bicyclic) bond motifs is 2. The molecule has 1 aliphatic heterocycles. The van der Waals surface area contributed by atoms with Crippen molar-refractivity contribution in [1.29, 1.82) is 0 Å². The molecule has 1 aliphatic rings. The van der Waals surface area contributed by atoms with E-state index in [2.05, 4.69) is 92.6 Å². The van der Waals surface area contributed by atoms with Gasteiger partial charge in [-0.1, -0.05) is 66.5 Å². The van der Waals surface area contributed by atoms with Crippen molar-refractivity contribution in [3.8, 4) is 67.8 Å². The maximum atomic E-state index is 12.9. The number of imidazole rings is 2. The van der Waals surface area contributed by atoms with Gasteiger partial charge in [0.15, 0.2) is 17.9 Å². The molecule has 4 N–H and O–H groups in total. The summed E-state index contributed by atoms with van der Waals surface area (Å²) in [5.41, 5.74) is 17.3. The van der Waals surface area contributed by atoms with Crippen molar-refractivity contribution in [2.24, 2.45) is 0 Å². The highest BCUT2D eigenvalue weighted by atomic mass is 35.5. The van der Waals surface area contributed by atoms with Gasteiger partial charge < -0.3 is 29.7 Å². The molecule has 0 aliphatic carbocycles. The summed E-state index contributed by atoms with van der Waals surface area (Å²) in [7, 11) is 0. The van der Waals surface area contributed by atoms with Crippen molar-refractivity contribution in [2.75, 3.05) is 19.7 Å². The SMILES string of the molecule is CCN(Cc1cncc(-c2ccc3c(c2)c(-c2nc(-c4ccc(Cl)cc4)c(C)[nH]2)nn3C2CCCCO2)c1C)C(=O)OC(C)(C)C.CCNCc1cncc(-c2ccc3[nH]nc(-c4nc(-c5ccc(Cl)cc5)c(C)[nH]4)c3c2)c1C. The number of rotatable bonds is 13. The number of hydrogen-bond acceptors (Lipinski definition) is 10. The normalized spacial score (nSPS) is 13.7. The lowest BCUT2D eigenvalue weighted by molar-refractivity contribution is -0.0365. The summed E-state index contributed by atoms with van der Waals surface area (Å²) in [4.78, 5) is 40.5. The lowest BCUT2D eigenvalue weighted by Crippen LogP contribution is -2.36. The Labute approximate surface area is 470 Å². The van der Waals surface area contributed by atoms with Gasteiger partial charge in [0, 0.05) is 98.9 Å². The van der Waals surface area contributed by atoms with E-state index in [-0.39, 0.29) is 12.3 Å². The molecule has 6 aromatic heterocycles. The molecule has 7 heterocycles. The zero-order chi connectivity index (χ0) is 55.5. The topological polar surface area (TPSA) is 180 Å². The molecule has 0 saturated carbocycles. The van der Waals surface area contributed by atoms with Crippen LogP contribution in [-0.2, 0) is 22.6 Å². The first-order valence-corrected chi connectivity index (χ1v) is 27.7. The zero-order valence-corrected chi connectivity index (χ0v) is 47.7. The second-order valence-corrected chi connectivity index (χ2v) is 21.9. The van der Waals surface area contributed by atoms with Gasteiger partial charge in [0.25, 0.3) is 0 Å². The minimum Gasteiger partial charge on any atom is -0.444 e. The number of nitrogens with one attached hydrogen (secondary N) is 4. The number of H-pyrrole nitrogens is 3. The van der Waals surface area contributed by atoms with Crippen LogP contribution in [0.3, 0.4) is 0 Å². The Morgan fingerprint density at radius 3 is 1.87 bits per heavy atom. The van der Waals surface area contributed by atoms with Crippen LogP contribution in [0.5, 0.6) is 0 Å². The van der Waals surface area contributed by atoms with E-state index in [0.29, 0.717) is 29.0 Å². The fourth-order valence-corrected chi connectivity index (χ4v) is 10.3. The highest BCUT2D eigenvalue weighted by Crippen LogP contribution is 2.38. The van der Waals surface area contributed by atoms with Crippen LogP contribution in [0.4, 0.5) is 4.79 Å². The molecule has 1 fully saturated rings. The number of hydrogen-bond donors (Lipinski definition) is 4. The molecule has 15 nitrogen and oxygen atoms in total. The first-order valence-electron chi connectivity index (χ1n) is 26.9. The molecular weight excluding hydrogens is 1030 g/mol. The smallest absolute Gasteiger partial charge is 0.410 e. The van der Waals surface area contributed by atoms with Gasteiger partial charge >= 0.3 is 6.09 Å². The largest absolute Gasteiger partial charge is 0.444 e. The standard InChI is InChI=1S/C36H41ClN6O3.C26H25ClN6/c1-7-42(35(44)46-36(4,5)6)21-26-19-38-20-29(22(26)2)25-13-16-30-28(18-25)33(41-43(30)31-10-8-9-17-45-31)34-39-23(3)32(40-34)24-11-14-27(37)15-12-24;1-4-28-12-19-13-29-14-22(15(19)2)18-7-10-23-21(11-18)25(33-32-23)26-30-16(3)24(31-26)17-5-8-20(27)9-6-17/h11-16,18-20,31H,7-10,17,21H2,1-6H3,(H,39,40);5-11,13-14,28H,4,12H2,1-3H3,(H,30,31)(H,32,33). The average molecular weight is 1100 g/mol. The van der Waals surface area contributed by atoms with Gasteiger partial charge in [-0.05, 0) is 163 Å². The van der Waals surface area contributed by atoms with E-state index in [0.717, 1.165) is 145 Å². The molecule has 1 saturated heterocycles. The number of aromatic amines is 3. The van der Waals surface area contributed by atoms with Gasteiger partial charge in [-0.15, -0.1) is 0 Å². The summed E-state index contributed by atoms with van der Waals surface area (Å²) in [5.74, 6) is 1.43. The lowest BCUT2D eigenvalue weighted by Gasteiger charge is -2.27. The van der Waals surface area contributed by atoms with Gasteiger partial charge in [0.05, 0.1) is 29.0 Å². The number of amides is 1. The first kappa shape index (κ1) is 54.7. The number of carbonyl (C=O) groups excluding carboxylic acids is 1. The van der Waals surface area contributed by atoms with Gasteiger partial charge in [-0.25, -0.2) is 19.4 Å². The van der Waals surface area contributed by atoms with Crippen LogP contribution in [0.2, 0.25) is 10.0 Å². The van der Waals surface area contributed by atoms with Crippen LogP contribution in [0, 0.1) is 27.7 Å². The van der Waals surface area contributed by atoms with Crippen molar-refractivity contribution >= 4 is 51.1 Å². The summed E-state index contributed by atoms with van der Waals surface area (Å²) in [6.45, 7) is 21.3. The monoisotopic (exact) mass is 1100 g/mol. The third kappa shape index (κ3) is 11.9. The summed E-state index contributed by atoms with van der Waals surface area (Å²) in [6.07, 6.45) is 10.2. The fraction of sp³-hybridized carbons (Fsp3) is 0.306. The van der Waals surface area contributed by atoms with Crippen LogP contribution in [0.25, 0.3) is 89.6 Å². The summed E-state index contributed by atoms with van der Waals surface area (Å²) in [5, 5.41) is 19.6. The summed E-state index contributed by atoms with van der Waals surface area (Å²) in [6, 6.07) is 28.1. The molecule has 1 atom stereocenters. The van der Waals surface area contributed by atoms with E-state index in [1.165, 1.54) is 11.1 Å². The van der Waals surface area contributed by atoms with Crippen molar-refractivity contribution in [2.45, 2.75) is 106 Å². The van der Waals surface area contributed by atoms with E-state index >= 15 is 0 Å². The average Bonchev–Trinajstić information content (AvgIpc) is 4.45. The summed E-state index contributed by atoms with van der Waals surface area (Å²) < 4.78 is 13.8. The number of nitrogens with zero attached hydrogens (tertiary/aromatic N) is 8. The van der Waals surface area contributed by atoms with Crippen molar-refractivity contribution in [1.82, 2.24) is 60.1 Å². The Balaban J connectivity index is 0.000000188. The minimum atomic E-state index is -0.567. The number of benzene rings is 4. The van der Waals surface area contributed by atoms with E-state index < -0.39 is 5.60 Å². The number of carbonyl (C=O) groups is 1. The van der Waals surface area contributed by atoms with Crippen LogP contribution >= 0.6 is 23.2 Å². The number of aryl methyl sites for hydroxylation is 2. The predicted molar refractivity (Wildman–Crippen MR) is 316 cm³/mol. The van der Waals surface area contributed by atoms with Gasteiger partial charge in [-0.3, -0.25) is 15.1 Å². The molecule has 4 aromatic carbocycles. The maximum Gasteiger partial charge on any atom is 0.410 e. The summed E-state index contributed by atoms with van der Waals surface area (Å²) >= 11 is 12.2. The van der Waals surface area contributed by atoms with Crippen LogP contribution in [0.1, 0.15) is 93.8 Å². The third-order valence-electron chi connectivity index (χ3n) is 14.4. The zero-order valence-electron chi connectivity index (χ0n) is 46.2. The Morgan fingerprint density at radius 1 is 0.722 bits per heavy atom. The van der Waals surface area contributed by atoms with Crippen molar-refractivity contribution in [3.05, 3.63) is 153 Å². The molecule has 17 heteroatoms. The number of halogens is 2. The number of ether oxygens (including phenoxy) is 2. The van der Waals surface area contributed by atoms with Crippen molar-refractivity contribution < 1.29 is 14.3 Å². The highest BCUT2D eigenvalue weighted by Gasteiger charge is 2.26. The molecule has 0 spiro atoms. The quantitative estimate of drug-likeness (QED) is 0.0868. The number of pyridine rings is 2. The molecule has 0 bridgehead atoms. The van der Waals surface area contributed by atoms with Crippen LogP contribution in [0.15, 0.2) is 110 Å². The van der Waals surface area contributed by atoms with Crippen LogP contribution in [-0.4, -0.2) is 86.2 Å². The Kier molecular flexibility index (Phi) is 16.1. The molecule has 10 aromatic rings. The lowest BCUT2D eigenvalue weighted by atomic mass is 9.97. The molecule has 79 heavy (non-hydrogen) atoms. The second-order valence-electron chi connectivity index (χ2n) is 21.0. The molecule has 1 unspecified atom stereocenters. The Morgan fingerprint density at radius 2 is 1.29 bits per heavy atom. The van der Waals surface area contributed by atoms with E-state index in [1.807, 2.05) is 120 Å². The molecule has 11 rings (SSSR count).